The highest BCUT2D eigenvalue weighted by atomic mass is 16.5. The van der Waals surface area contributed by atoms with Crippen molar-refractivity contribution in [1.82, 2.24) is 14.5 Å². The Morgan fingerprint density at radius 1 is 1.23 bits per heavy atom. The maximum atomic E-state index is 12.2. The number of ether oxygens (including phenoxy) is 1. The van der Waals surface area contributed by atoms with Gasteiger partial charge < -0.3 is 9.64 Å². The molecule has 1 amide bonds. The van der Waals surface area contributed by atoms with Crippen molar-refractivity contribution in [3.05, 3.63) is 66.0 Å². The van der Waals surface area contributed by atoms with Crippen LogP contribution >= 0.6 is 0 Å². The second-order valence-corrected chi connectivity index (χ2v) is 5.23. The van der Waals surface area contributed by atoms with Crippen molar-refractivity contribution in [3.8, 4) is 5.75 Å². The van der Waals surface area contributed by atoms with Crippen LogP contribution in [0.15, 0.2) is 54.9 Å². The highest BCUT2D eigenvalue weighted by Gasteiger charge is 2.13. The van der Waals surface area contributed by atoms with E-state index in [0.717, 1.165) is 11.1 Å². The number of fused-ring (bicyclic) bond motifs is 1. The molecule has 0 radical (unpaired) electrons. The summed E-state index contributed by atoms with van der Waals surface area (Å²) in [6.07, 6.45) is 3.40. The van der Waals surface area contributed by atoms with Crippen molar-refractivity contribution in [1.29, 1.82) is 0 Å². The second kappa shape index (κ2) is 5.89. The molecule has 0 saturated heterocycles. The lowest BCUT2D eigenvalue weighted by molar-refractivity contribution is 0.0826. The van der Waals surface area contributed by atoms with Crippen LogP contribution in [-0.2, 0) is 6.61 Å². The zero-order valence-corrected chi connectivity index (χ0v) is 12.6. The third-order valence-corrected chi connectivity index (χ3v) is 3.36. The number of carbonyl (C=O) groups is 1. The molecule has 22 heavy (non-hydrogen) atoms. The number of hydrogen-bond donors (Lipinski definition) is 0. The van der Waals surface area contributed by atoms with Crippen LogP contribution < -0.4 is 4.74 Å². The molecule has 0 atom stereocenters. The predicted octanol–water partition coefficient (Wildman–Crippen LogP) is 2.62. The van der Waals surface area contributed by atoms with Gasteiger partial charge in [-0.25, -0.2) is 4.52 Å². The Morgan fingerprint density at radius 3 is 2.73 bits per heavy atom. The molecule has 2 aromatic heterocycles. The normalized spacial score (nSPS) is 10.6. The Hall–Kier alpha value is -2.82. The van der Waals surface area contributed by atoms with Crippen LogP contribution in [0, 0.1) is 0 Å². The van der Waals surface area contributed by atoms with Crippen LogP contribution in [0.4, 0.5) is 0 Å². The smallest absolute Gasteiger partial charge is 0.255 e. The monoisotopic (exact) mass is 295 g/mol. The molecule has 0 unspecified atom stereocenters. The van der Waals surface area contributed by atoms with E-state index in [1.54, 1.807) is 37.1 Å². The van der Waals surface area contributed by atoms with Gasteiger partial charge in [-0.2, -0.15) is 5.10 Å². The Kier molecular flexibility index (Phi) is 3.78. The third-order valence-electron chi connectivity index (χ3n) is 3.36. The molecule has 5 nitrogen and oxygen atoms in total. The molecule has 1 aromatic carbocycles. The van der Waals surface area contributed by atoms with Gasteiger partial charge in [0.05, 0.1) is 11.8 Å². The highest BCUT2D eigenvalue weighted by Crippen LogP contribution is 2.23. The number of nitrogens with zero attached hydrogens (tertiary/aromatic N) is 3. The van der Waals surface area contributed by atoms with Gasteiger partial charge in [-0.3, -0.25) is 4.79 Å². The van der Waals surface area contributed by atoms with Crippen LogP contribution in [0.2, 0.25) is 0 Å². The Morgan fingerprint density at radius 2 is 2.00 bits per heavy atom. The van der Waals surface area contributed by atoms with E-state index in [0.29, 0.717) is 17.9 Å². The number of aromatic nitrogens is 2. The first-order chi connectivity index (χ1) is 10.6. The topological polar surface area (TPSA) is 46.8 Å². The fourth-order valence-electron chi connectivity index (χ4n) is 2.22. The SMILES string of the molecule is CN(C)C(=O)c1cc(OCc2ccccc2)c2ccnn2c1. The summed E-state index contributed by atoms with van der Waals surface area (Å²) in [7, 11) is 3.44. The maximum Gasteiger partial charge on any atom is 0.255 e. The molecular weight excluding hydrogens is 278 g/mol. The average molecular weight is 295 g/mol. The Labute approximate surface area is 128 Å². The van der Waals surface area contributed by atoms with Gasteiger partial charge in [-0.05, 0) is 17.7 Å². The van der Waals surface area contributed by atoms with Crippen molar-refractivity contribution in [2.75, 3.05) is 14.1 Å². The molecule has 0 aliphatic carbocycles. The van der Waals surface area contributed by atoms with Crippen molar-refractivity contribution < 1.29 is 9.53 Å². The standard InChI is InChI=1S/C17H17N3O2/c1-19(2)17(21)14-10-16(15-8-9-18-20(15)11-14)22-12-13-6-4-3-5-7-13/h3-11H,12H2,1-2H3. The summed E-state index contributed by atoms with van der Waals surface area (Å²) in [4.78, 5) is 13.7. The molecule has 3 rings (SSSR count). The molecule has 0 aliphatic heterocycles. The molecule has 0 bridgehead atoms. The van der Waals surface area contributed by atoms with Crippen molar-refractivity contribution in [3.63, 3.8) is 0 Å². The van der Waals surface area contributed by atoms with Crippen LogP contribution in [0.3, 0.4) is 0 Å². The minimum Gasteiger partial charge on any atom is -0.487 e. The predicted molar refractivity (Wildman–Crippen MR) is 84.0 cm³/mol. The van der Waals surface area contributed by atoms with Gasteiger partial charge in [-0.15, -0.1) is 0 Å². The van der Waals surface area contributed by atoms with E-state index in [9.17, 15) is 4.79 Å². The van der Waals surface area contributed by atoms with E-state index in [2.05, 4.69) is 5.10 Å². The summed E-state index contributed by atoms with van der Waals surface area (Å²) in [6, 6.07) is 13.5. The molecule has 0 aliphatic rings. The van der Waals surface area contributed by atoms with Gasteiger partial charge in [0.1, 0.15) is 17.9 Å². The highest BCUT2D eigenvalue weighted by molar-refractivity contribution is 5.94. The molecule has 0 N–H and O–H groups in total. The van der Waals surface area contributed by atoms with Gasteiger partial charge in [0, 0.05) is 20.3 Å². The van der Waals surface area contributed by atoms with Crippen LogP contribution in [-0.4, -0.2) is 34.5 Å². The van der Waals surface area contributed by atoms with E-state index in [-0.39, 0.29) is 5.91 Å². The number of amides is 1. The minimum atomic E-state index is -0.0815. The molecule has 112 valence electrons. The maximum absolute atomic E-state index is 12.2. The first-order valence-electron chi connectivity index (χ1n) is 7.01. The van der Waals surface area contributed by atoms with Gasteiger partial charge >= 0.3 is 0 Å². The van der Waals surface area contributed by atoms with Gasteiger partial charge in [0.15, 0.2) is 0 Å². The summed E-state index contributed by atoms with van der Waals surface area (Å²) >= 11 is 0. The summed E-state index contributed by atoms with van der Waals surface area (Å²) in [5.74, 6) is 0.566. The molecule has 0 saturated carbocycles. The number of pyridine rings is 1. The van der Waals surface area contributed by atoms with Gasteiger partial charge in [0.25, 0.3) is 5.91 Å². The van der Waals surface area contributed by atoms with E-state index >= 15 is 0 Å². The number of benzene rings is 1. The molecule has 5 heteroatoms. The first kappa shape index (κ1) is 14.1. The van der Waals surface area contributed by atoms with E-state index in [1.165, 1.54) is 4.90 Å². The Bertz CT molecular complexity index is 794. The molecule has 3 aromatic rings. The summed E-state index contributed by atoms with van der Waals surface area (Å²) < 4.78 is 7.57. The Balaban J connectivity index is 1.93. The zero-order chi connectivity index (χ0) is 15.5. The van der Waals surface area contributed by atoms with E-state index in [1.807, 2.05) is 36.4 Å². The summed E-state index contributed by atoms with van der Waals surface area (Å²) in [5, 5.41) is 4.20. The number of carbonyl (C=O) groups excluding carboxylic acids is 1. The average Bonchev–Trinajstić information content (AvgIpc) is 3.01. The number of rotatable bonds is 4. The second-order valence-electron chi connectivity index (χ2n) is 5.23. The van der Waals surface area contributed by atoms with Crippen LogP contribution in [0.5, 0.6) is 5.75 Å². The lowest BCUT2D eigenvalue weighted by Crippen LogP contribution is -2.22. The largest absolute Gasteiger partial charge is 0.487 e. The van der Waals surface area contributed by atoms with Gasteiger partial charge in [-0.1, -0.05) is 30.3 Å². The van der Waals surface area contributed by atoms with Crippen LogP contribution in [0.25, 0.3) is 5.52 Å². The fourth-order valence-corrected chi connectivity index (χ4v) is 2.22. The zero-order valence-electron chi connectivity index (χ0n) is 12.6. The van der Waals surface area contributed by atoms with Crippen LogP contribution in [0.1, 0.15) is 15.9 Å². The fraction of sp³-hybridized carbons (Fsp3) is 0.176. The van der Waals surface area contributed by atoms with E-state index < -0.39 is 0 Å². The lowest BCUT2D eigenvalue weighted by Gasteiger charge is -2.13. The summed E-state index contributed by atoms with van der Waals surface area (Å²) in [6.45, 7) is 0.446. The van der Waals surface area contributed by atoms with Crippen molar-refractivity contribution >= 4 is 11.4 Å². The molecule has 0 fully saturated rings. The van der Waals surface area contributed by atoms with E-state index in [4.69, 9.17) is 4.74 Å². The quantitative estimate of drug-likeness (QED) is 0.743. The van der Waals surface area contributed by atoms with Gasteiger partial charge in [0.2, 0.25) is 0 Å². The summed E-state index contributed by atoms with van der Waals surface area (Å²) in [5.41, 5.74) is 2.46. The molecule has 0 spiro atoms. The molecular formula is C17H17N3O2. The molecule has 2 heterocycles. The van der Waals surface area contributed by atoms with Crippen molar-refractivity contribution in [2.24, 2.45) is 0 Å². The van der Waals surface area contributed by atoms with Crippen molar-refractivity contribution in [2.45, 2.75) is 6.61 Å². The minimum absolute atomic E-state index is 0.0815. The number of hydrogen-bond acceptors (Lipinski definition) is 3. The first-order valence-corrected chi connectivity index (χ1v) is 7.01. The lowest BCUT2D eigenvalue weighted by atomic mass is 10.2. The third kappa shape index (κ3) is 2.79.